The van der Waals surface area contributed by atoms with E-state index in [0.717, 1.165) is 9.87 Å². The monoisotopic (exact) mass is 709 g/mol. The lowest BCUT2D eigenvalue weighted by Gasteiger charge is -2.35. The molecule has 1 atom stereocenters. The molecule has 0 aromatic heterocycles. The molecule has 5 aromatic rings. The first-order valence-electron chi connectivity index (χ1n) is 16.2. The van der Waals surface area contributed by atoms with E-state index in [9.17, 15) is 18.0 Å². The zero-order valence-corrected chi connectivity index (χ0v) is 29.8. The van der Waals surface area contributed by atoms with Crippen molar-refractivity contribution in [2.24, 2.45) is 0 Å². The number of sulfonamides is 1. The lowest BCUT2D eigenvalue weighted by molar-refractivity contribution is -0.140. The summed E-state index contributed by atoms with van der Waals surface area (Å²) in [4.78, 5) is 30.2. The second kappa shape index (κ2) is 16.1. The Balaban J connectivity index is 1.57. The third kappa shape index (κ3) is 9.52. The van der Waals surface area contributed by atoms with Crippen LogP contribution in [-0.4, -0.2) is 43.3 Å². The zero-order valence-electron chi connectivity index (χ0n) is 28.2. The summed E-state index contributed by atoms with van der Waals surface area (Å²) in [5.74, 6) is 0.156. The lowest BCUT2D eigenvalue weighted by atomic mass is 10.0. The smallest absolute Gasteiger partial charge is 0.264 e. The fraction of sp³-hybridized carbons (Fsp3) is 0.200. The van der Waals surface area contributed by atoms with Crippen LogP contribution >= 0.6 is 11.6 Å². The van der Waals surface area contributed by atoms with E-state index < -0.39 is 34.1 Å². The van der Waals surface area contributed by atoms with E-state index >= 15 is 0 Å². The molecule has 0 aliphatic heterocycles. The quantitative estimate of drug-likeness (QED) is 0.134. The minimum absolute atomic E-state index is 0.0152. The number of carbonyl (C=O) groups is 2. The van der Waals surface area contributed by atoms with Gasteiger partial charge in [-0.25, -0.2) is 8.42 Å². The molecule has 0 saturated heterocycles. The van der Waals surface area contributed by atoms with Gasteiger partial charge in [0.05, 0.1) is 10.6 Å². The number of halogens is 1. The van der Waals surface area contributed by atoms with Crippen LogP contribution in [0.1, 0.15) is 31.9 Å². The van der Waals surface area contributed by atoms with Gasteiger partial charge >= 0.3 is 0 Å². The van der Waals surface area contributed by atoms with Crippen molar-refractivity contribution < 1.29 is 22.7 Å². The Bertz CT molecular complexity index is 1990. The maximum absolute atomic E-state index is 14.7. The van der Waals surface area contributed by atoms with Gasteiger partial charge in [-0.3, -0.25) is 13.9 Å². The molecule has 50 heavy (non-hydrogen) atoms. The second-order valence-corrected chi connectivity index (χ2v) is 15.1. The van der Waals surface area contributed by atoms with Gasteiger partial charge in [0.2, 0.25) is 11.8 Å². The molecule has 8 nitrogen and oxygen atoms in total. The van der Waals surface area contributed by atoms with E-state index in [-0.39, 0.29) is 29.5 Å². The zero-order chi connectivity index (χ0) is 35.7. The van der Waals surface area contributed by atoms with Crippen LogP contribution in [0.2, 0.25) is 5.02 Å². The number of carbonyl (C=O) groups excluding carboxylic acids is 2. The maximum atomic E-state index is 14.7. The van der Waals surface area contributed by atoms with Crippen LogP contribution in [0.25, 0.3) is 0 Å². The van der Waals surface area contributed by atoms with Crippen molar-refractivity contribution in [2.75, 3.05) is 10.8 Å². The topological polar surface area (TPSA) is 96.0 Å². The van der Waals surface area contributed by atoms with Gasteiger partial charge < -0.3 is 15.0 Å². The van der Waals surface area contributed by atoms with Gasteiger partial charge in [0.25, 0.3) is 10.0 Å². The van der Waals surface area contributed by atoms with Crippen LogP contribution in [0.15, 0.2) is 144 Å². The van der Waals surface area contributed by atoms with E-state index in [1.54, 1.807) is 66.7 Å². The molecule has 258 valence electrons. The highest BCUT2D eigenvalue weighted by Crippen LogP contribution is 2.29. The van der Waals surface area contributed by atoms with Crippen LogP contribution in [0.3, 0.4) is 0 Å². The lowest BCUT2D eigenvalue weighted by Crippen LogP contribution is -2.56. The van der Waals surface area contributed by atoms with E-state index in [4.69, 9.17) is 16.3 Å². The van der Waals surface area contributed by atoms with Gasteiger partial charge in [-0.1, -0.05) is 96.5 Å². The minimum atomic E-state index is -4.25. The van der Waals surface area contributed by atoms with E-state index in [2.05, 4.69) is 5.32 Å². The Morgan fingerprint density at radius 3 is 1.88 bits per heavy atom. The summed E-state index contributed by atoms with van der Waals surface area (Å²) in [6, 6.07) is 39.1. The largest absolute Gasteiger partial charge is 0.457 e. The number of benzene rings is 5. The van der Waals surface area contributed by atoms with Crippen LogP contribution in [0.5, 0.6) is 11.5 Å². The molecule has 0 fully saturated rings. The Labute approximate surface area is 299 Å². The molecular formula is C40H40ClN3O5S. The van der Waals surface area contributed by atoms with Gasteiger partial charge in [0.1, 0.15) is 24.1 Å². The molecular weight excluding hydrogens is 670 g/mol. The number of amides is 2. The Hall–Kier alpha value is -5.12. The highest BCUT2D eigenvalue weighted by Gasteiger charge is 2.36. The fourth-order valence-corrected chi connectivity index (χ4v) is 7.00. The molecule has 0 saturated carbocycles. The first kappa shape index (κ1) is 36.2. The number of rotatable bonds is 13. The highest BCUT2D eigenvalue weighted by molar-refractivity contribution is 7.92. The average Bonchev–Trinajstić information content (AvgIpc) is 3.10. The number of hydrogen-bond acceptors (Lipinski definition) is 5. The molecule has 10 heteroatoms. The first-order chi connectivity index (χ1) is 23.9. The molecule has 5 rings (SSSR count). The molecule has 0 aliphatic rings. The van der Waals surface area contributed by atoms with Crippen molar-refractivity contribution in [1.82, 2.24) is 10.2 Å². The summed E-state index contributed by atoms with van der Waals surface area (Å²) in [6.07, 6.45) is 0.190. The van der Waals surface area contributed by atoms with Crippen LogP contribution < -0.4 is 14.4 Å². The van der Waals surface area contributed by atoms with Gasteiger partial charge in [0, 0.05) is 23.5 Å². The molecule has 5 aromatic carbocycles. The standard InChI is InChI=1S/C40H40ClN3O5S/c1-40(2,3)42-39(46)37(27-30-15-7-4-8-16-30)43(28-31-17-13-14-22-36(31)41)38(45)29-44(50(47,48)35-20-11-6-12-21-35)32-23-25-34(26-24-32)49-33-18-9-5-10-19-33/h4-26,37H,27-29H2,1-3H3,(H,42,46)/t37-/m1/s1. The van der Waals surface area contributed by atoms with Crippen molar-refractivity contribution in [1.29, 1.82) is 0 Å². The molecule has 1 N–H and O–H groups in total. The molecule has 0 radical (unpaired) electrons. The summed E-state index contributed by atoms with van der Waals surface area (Å²) in [5, 5.41) is 3.45. The van der Waals surface area contributed by atoms with Gasteiger partial charge in [-0.05, 0) is 86.5 Å². The van der Waals surface area contributed by atoms with E-state index in [1.165, 1.54) is 17.0 Å². The van der Waals surface area contributed by atoms with Crippen molar-refractivity contribution in [3.05, 3.63) is 156 Å². The molecule has 0 unspecified atom stereocenters. The van der Waals surface area contributed by atoms with Gasteiger partial charge in [0.15, 0.2) is 0 Å². The predicted octanol–water partition coefficient (Wildman–Crippen LogP) is 7.88. The number of hydrogen-bond donors (Lipinski definition) is 1. The molecule has 0 heterocycles. The second-order valence-electron chi connectivity index (χ2n) is 12.8. The van der Waals surface area contributed by atoms with Crippen molar-refractivity contribution in [3.8, 4) is 11.5 Å². The highest BCUT2D eigenvalue weighted by atomic mass is 35.5. The van der Waals surface area contributed by atoms with Crippen LogP contribution in [-0.2, 0) is 32.6 Å². The number of para-hydroxylation sites is 1. The maximum Gasteiger partial charge on any atom is 0.264 e. The number of ether oxygens (including phenoxy) is 1. The first-order valence-corrected chi connectivity index (χ1v) is 18.0. The number of anilines is 1. The molecule has 0 aliphatic carbocycles. The average molecular weight is 710 g/mol. The van der Waals surface area contributed by atoms with Crippen molar-refractivity contribution in [3.63, 3.8) is 0 Å². The SMILES string of the molecule is CC(C)(C)NC(=O)[C@@H](Cc1ccccc1)N(Cc1ccccc1Cl)C(=O)CN(c1ccc(Oc2ccccc2)cc1)S(=O)(=O)c1ccccc1. The van der Waals surface area contributed by atoms with Gasteiger partial charge in [-0.15, -0.1) is 0 Å². The van der Waals surface area contributed by atoms with Crippen molar-refractivity contribution in [2.45, 2.75) is 50.2 Å². The van der Waals surface area contributed by atoms with Crippen LogP contribution in [0.4, 0.5) is 5.69 Å². The summed E-state index contributed by atoms with van der Waals surface area (Å²) in [5.41, 5.74) is 1.10. The Morgan fingerprint density at radius 2 is 1.28 bits per heavy atom. The van der Waals surface area contributed by atoms with Crippen LogP contribution in [0, 0.1) is 0 Å². The number of nitrogens with zero attached hydrogens (tertiary/aromatic N) is 2. The molecule has 0 spiro atoms. The number of nitrogens with one attached hydrogen (secondary N) is 1. The Kier molecular flexibility index (Phi) is 11.6. The summed E-state index contributed by atoms with van der Waals surface area (Å²) < 4.78 is 35.6. The minimum Gasteiger partial charge on any atom is -0.457 e. The fourth-order valence-electron chi connectivity index (χ4n) is 5.37. The summed E-state index contributed by atoms with van der Waals surface area (Å²) in [6.45, 7) is 4.98. The summed E-state index contributed by atoms with van der Waals surface area (Å²) >= 11 is 6.59. The normalized spacial score (nSPS) is 12.1. The van der Waals surface area contributed by atoms with E-state index in [0.29, 0.717) is 22.1 Å². The van der Waals surface area contributed by atoms with E-state index in [1.807, 2.05) is 81.4 Å². The molecule has 2 amide bonds. The molecule has 0 bridgehead atoms. The van der Waals surface area contributed by atoms with Gasteiger partial charge in [-0.2, -0.15) is 0 Å². The summed E-state index contributed by atoms with van der Waals surface area (Å²) in [7, 11) is -4.25. The predicted molar refractivity (Wildman–Crippen MR) is 198 cm³/mol. The third-order valence-electron chi connectivity index (χ3n) is 7.78. The third-order valence-corrected chi connectivity index (χ3v) is 9.94. The van der Waals surface area contributed by atoms with Crippen molar-refractivity contribution >= 4 is 39.1 Å². The Morgan fingerprint density at radius 1 is 0.740 bits per heavy atom.